The van der Waals surface area contributed by atoms with Gasteiger partial charge in [-0.1, -0.05) is 42.0 Å². The average molecular weight is 390 g/mol. The minimum atomic E-state index is -0.580. The van der Waals surface area contributed by atoms with Gasteiger partial charge in [0.05, 0.1) is 25.2 Å². The third kappa shape index (κ3) is 3.23. The molecular formula is C24H22O5. The molecule has 0 saturated heterocycles. The molecule has 0 spiro atoms. The number of methoxy groups -OCH3 is 1. The van der Waals surface area contributed by atoms with Crippen molar-refractivity contribution >= 4 is 23.0 Å². The fourth-order valence-electron chi connectivity index (χ4n) is 4.12. The summed E-state index contributed by atoms with van der Waals surface area (Å²) in [6.45, 7) is 3.97. The summed E-state index contributed by atoms with van der Waals surface area (Å²) < 4.78 is 16.3. The predicted octanol–water partition coefficient (Wildman–Crippen LogP) is 4.53. The number of ether oxygens (including phenoxy) is 2. The van der Waals surface area contributed by atoms with Crippen molar-refractivity contribution in [1.82, 2.24) is 0 Å². The predicted molar refractivity (Wildman–Crippen MR) is 111 cm³/mol. The van der Waals surface area contributed by atoms with Crippen LogP contribution in [0.5, 0.6) is 5.75 Å². The molecule has 5 nitrogen and oxygen atoms in total. The summed E-state index contributed by atoms with van der Waals surface area (Å²) in [4.78, 5) is 26.0. The van der Waals surface area contributed by atoms with Gasteiger partial charge in [0, 0.05) is 17.4 Å². The molecule has 2 aromatic carbocycles. The molecule has 0 radical (unpaired) electrons. The number of fused-ring (bicyclic) bond motifs is 3. The van der Waals surface area contributed by atoms with E-state index >= 15 is 0 Å². The first-order valence-corrected chi connectivity index (χ1v) is 9.59. The Balaban J connectivity index is 2.02. The monoisotopic (exact) mass is 390 g/mol. The van der Waals surface area contributed by atoms with Gasteiger partial charge in [-0.2, -0.15) is 0 Å². The van der Waals surface area contributed by atoms with Crippen molar-refractivity contribution in [3.8, 4) is 5.75 Å². The molecule has 1 aliphatic carbocycles. The SMILES string of the molecule is CCOC(=O)C1C(C)=Cc2c(c(=O)oc3cc(OC)ccc23)C1c1ccccc1. The van der Waals surface area contributed by atoms with Crippen molar-refractivity contribution in [2.45, 2.75) is 19.8 Å². The van der Waals surface area contributed by atoms with Gasteiger partial charge in [-0.3, -0.25) is 4.79 Å². The molecule has 2 atom stereocenters. The van der Waals surface area contributed by atoms with E-state index in [1.165, 1.54) is 0 Å². The zero-order chi connectivity index (χ0) is 20.5. The minimum absolute atomic E-state index is 0.281. The van der Waals surface area contributed by atoms with E-state index in [2.05, 4.69) is 0 Å². The van der Waals surface area contributed by atoms with Gasteiger partial charge in [0.25, 0.3) is 0 Å². The Morgan fingerprint density at radius 3 is 2.59 bits per heavy atom. The maximum absolute atomic E-state index is 13.1. The second-order valence-corrected chi connectivity index (χ2v) is 7.09. The van der Waals surface area contributed by atoms with Gasteiger partial charge in [-0.15, -0.1) is 0 Å². The van der Waals surface area contributed by atoms with E-state index in [0.717, 1.165) is 22.1 Å². The lowest BCUT2D eigenvalue weighted by atomic mass is 9.72. The number of benzene rings is 2. The van der Waals surface area contributed by atoms with Gasteiger partial charge in [-0.25, -0.2) is 4.79 Å². The highest BCUT2D eigenvalue weighted by Gasteiger charge is 2.40. The summed E-state index contributed by atoms with van der Waals surface area (Å²) in [6.07, 6.45) is 1.90. The van der Waals surface area contributed by atoms with Crippen LogP contribution < -0.4 is 10.4 Å². The normalized spacial score (nSPS) is 18.1. The maximum atomic E-state index is 13.1. The van der Waals surface area contributed by atoms with Gasteiger partial charge in [0.1, 0.15) is 11.3 Å². The zero-order valence-electron chi connectivity index (χ0n) is 16.6. The summed E-state index contributed by atoms with van der Waals surface area (Å²) in [7, 11) is 1.57. The molecule has 5 heteroatoms. The van der Waals surface area contributed by atoms with Crippen LogP contribution >= 0.6 is 0 Å². The Kier molecular flexibility index (Phi) is 4.97. The molecule has 0 N–H and O–H groups in total. The molecule has 4 rings (SSSR count). The van der Waals surface area contributed by atoms with Crippen LogP contribution in [0.2, 0.25) is 0 Å². The first kappa shape index (κ1) is 19.0. The number of carbonyl (C=O) groups is 1. The van der Waals surface area contributed by atoms with Crippen molar-refractivity contribution in [3.05, 3.63) is 81.2 Å². The van der Waals surface area contributed by atoms with E-state index in [4.69, 9.17) is 13.9 Å². The lowest BCUT2D eigenvalue weighted by molar-refractivity contribution is -0.147. The first-order valence-electron chi connectivity index (χ1n) is 9.59. The number of hydrogen-bond donors (Lipinski definition) is 0. The number of hydrogen-bond acceptors (Lipinski definition) is 5. The molecule has 0 bridgehead atoms. The van der Waals surface area contributed by atoms with Crippen LogP contribution in [0.25, 0.3) is 17.0 Å². The quantitative estimate of drug-likeness (QED) is 0.484. The van der Waals surface area contributed by atoms with Crippen molar-refractivity contribution in [1.29, 1.82) is 0 Å². The molecule has 1 aliphatic rings. The molecule has 3 aromatic rings. The van der Waals surface area contributed by atoms with Crippen molar-refractivity contribution < 1.29 is 18.7 Å². The standard InChI is InChI=1S/C24H22O5/c1-4-28-23(25)20-14(2)12-18-17-11-10-16(27-3)13-19(17)29-24(26)22(18)21(20)15-8-6-5-7-9-15/h5-13,20-21H,4H2,1-3H3. The first-order chi connectivity index (χ1) is 14.0. The van der Waals surface area contributed by atoms with Crippen LogP contribution in [0.1, 0.15) is 36.5 Å². The second kappa shape index (κ2) is 7.59. The molecule has 0 amide bonds. The van der Waals surface area contributed by atoms with E-state index in [-0.39, 0.29) is 12.6 Å². The Morgan fingerprint density at radius 1 is 1.14 bits per heavy atom. The van der Waals surface area contributed by atoms with Gasteiger partial charge in [0.15, 0.2) is 0 Å². The number of carbonyl (C=O) groups excluding carboxylic acids is 1. The molecular weight excluding hydrogens is 368 g/mol. The van der Waals surface area contributed by atoms with Crippen LogP contribution in [0.15, 0.2) is 63.3 Å². The largest absolute Gasteiger partial charge is 0.497 e. The van der Waals surface area contributed by atoms with Gasteiger partial charge >= 0.3 is 11.6 Å². The van der Waals surface area contributed by atoms with E-state index in [1.54, 1.807) is 20.1 Å². The molecule has 1 aromatic heterocycles. The molecule has 29 heavy (non-hydrogen) atoms. The second-order valence-electron chi connectivity index (χ2n) is 7.09. The van der Waals surface area contributed by atoms with E-state index in [0.29, 0.717) is 16.9 Å². The third-order valence-corrected chi connectivity index (χ3v) is 5.40. The molecule has 148 valence electrons. The molecule has 0 saturated carbocycles. The fraction of sp³-hybridized carbons (Fsp3) is 0.250. The molecule has 1 heterocycles. The highest BCUT2D eigenvalue weighted by molar-refractivity contribution is 5.92. The Hall–Kier alpha value is -3.34. The third-order valence-electron chi connectivity index (χ3n) is 5.40. The Labute approximate surface area is 168 Å². The smallest absolute Gasteiger partial charge is 0.340 e. The van der Waals surface area contributed by atoms with Crippen LogP contribution in [0.3, 0.4) is 0 Å². The van der Waals surface area contributed by atoms with Gasteiger partial charge < -0.3 is 13.9 Å². The van der Waals surface area contributed by atoms with Gasteiger partial charge in [0.2, 0.25) is 0 Å². The highest BCUT2D eigenvalue weighted by Crippen LogP contribution is 2.44. The van der Waals surface area contributed by atoms with Gasteiger partial charge in [-0.05, 0) is 37.1 Å². The topological polar surface area (TPSA) is 65.7 Å². The summed E-state index contributed by atoms with van der Waals surface area (Å²) in [5.41, 5.74) is 3.00. The number of rotatable bonds is 4. The lowest BCUT2D eigenvalue weighted by Gasteiger charge is -2.31. The van der Waals surface area contributed by atoms with Crippen LogP contribution in [0.4, 0.5) is 0 Å². The van der Waals surface area contributed by atoms with Crippen molar-refractivity contribution in [2.75, 3.05) is 13.7 Å². The zero-order valence-corrected chi connectivity index (χ0v) is 16.6. The van der Waals surface area contributed by atoms with E-state index in [9.17, 15) is 9.59 Å². The van der Waals surface area contributed by atoms with Crippen molar-refractivity contribution in [3.63, 3.8) is 0 Å². The summed E-state index contributed by atoms with van der Waals surface area (Å²) in [5, 5.41) is 0.808. The van der Waals surface area contributed by atoms with Crippen LogP contribution in [-0.4, -0.2) is 19.7 Å². The Bertz CT molecular complexity index is 1160. The van der Waals surface area contributed by atoms with E-state index < -0.39 is 17.5 Å². The molecule has 0 fully saturated rings. The van der Waals surface area contributed by atoms with Crippen molar-refractivity contribution in [2.24, 2.45) is 5.92 Å². The maximum Gasteiger partial charge on any atom is 0.340 e. The lowest BCUT2D eigenvalue weighted by Crippen LogP contribution is -2.32. The van der Waals surface area contributed by atoms with Crippen LogP contribution in [0, 0.1) is 5.92 Å². The minimum Gasteiger partial charge on any atom is -0.497 e. The summed E-state index contributed by atoms with van der Waals surface area (Å²) >= 11 is 0. The highest BCUT2D eigenvalue weighted by atomic mass is 16.5. The molecule has 2 unspecified atom stereocenters. The average Bonchev–Trinajstić information content (AvgIpc) is 2.73. The van der Waals surface area contributed by atoms with Crippen LogP contribution in [-0.2, 0) is 9.53 Å². The summed E-state index contributed by atoms with van der Waals surface area (Å²) in [6, 6.07) is 15.0. The van der Waals surface area contributed by atoms with E-state index in [1.807, 2.05) is 55.5 Å². The Morgan fingerprint density at radius 2 is 1.90 bits per heavy atom. The molecule has 0 aliphatic heterocycles. The fourth-order valence-corrected chi connectivity index (χ4v) is 4.12. The summed E-state index contributed by atoms with van der Waals surface area (Å²) in [5.74, 6) is -0.780. The number of esters is 1.